The minimum Gasteiger partial charge on any atom is -0.465 e. The Kier molecular flexibility index (Phi) is 6.84. The first-order chi connectivity index (χ1) is 17.3. The van der Waals surface area contributed by atoms with Gasteiger partial charge in [-0.1, -0.05) is 17.7 Å². The summed E-state index contributed by atoms with van der Waals surface area (Å²) < 4.78 is 36.2. The summed E-state index contributed by atoms with van der Waals surface area (Å²) in [5.41, 5.74) is 2.55. The van der Waals surface area contributed by atoms with Gasteiger partial charge in [0.25, 0.3) is 10.0 Å². The van der Waals surface area contributed by atoms with Crippen LogP contribution >= 0.6 is 0 Å². The fraction of sp³-hybridized carbons (Fsp3) is 0.120. The van der Waals surface area contributed by atoms with E-state index in [-0.39, 0.29) is 21.9 Å². The maximum Gasteiger partial charge on any atom is 0.341 e. The fourth-order valence-corrected chi connectivity index (χ4v) is 4.96. The van der Waals surface area contributed by atoms with Gasteiger partial charge in [-0.2, -0.15) is 0 Å². The van der Waals surface area contributed by atoms with Gasteiger partial charge >= 0.3 is 11.9 Å². The zero-order chi connectivity index (χ0) is 25.9. The minimum absolute atomic E-state index is 0.102. The van der Waals surface area contributed by atoms with E-state index in [1.807, 2.05) is 13.0 Å². The third-order valence-electron chi connectivity index (χ3n) is 5.41. The average molecular weight is 507 g/mol. The van der Waals surface area contributed by atoms with E-state index < -0.39 is 16.0 Å². The van der Waals surface area contributed by atoms with Crippen LogP contribution in [0.15, 0.2) is 78.5 Å². The van der Waals surface area contributed by atoms with Gasteiger partial charge in [-0.3, -0.25) is 9.97 Å². The number of ether oxygens (including phenoxy) is 2. The van der Waals surface area contributed by atoms with Gasteiger partial charge in [0.2, 0.25) is 0 Å². The third-order valence-corrected chi connectivity index (χ3v) is 7.10. The molecule has 0 aliphatic rings. The van der Waals surface area contributed by atoms with Crippen LogP contribution in [0.5, 0.6) is 0 Å². The van der Waals surface area contributed by atoms with Crippen molar-refractivity contribution in [3.8, 4) is 0 Å². The van der Waals surface area contributed by atoms with E-state index in [0.29, 0.717) is 10.9 Å². The molecule has 11 heteroatoms. The largest absolute Gasteiger partial charge is 0.465 e. The van der Waals surface area contributed by atoms with Crippen LogP contribution in [-0.4, -0.2) is 53.5 Å². The molecule has 5 rings (SSSR count). The molecule has 0 amide bonds. The highest BCUT2D eigenvalue weighted by molar-refractivity contribution is 7.90. The molecular weight excluding hydrogens is 484 g/mol. The van der Waals surface area contributed by atoms with Gasteiger partial charge in [-0.25, -0.2) is 22.0 Å². The first-order valence-electron chi connectivity index (χ1n) is 10.6. The predicted molar refractivity (Wildman–Crippen MR) is 132 cm³/mol. The Morgan fingerprint density at radius 1 is 0.833 bits per heavy atom. The monoisotopic (exact) mass is 506 g/mol. The summed E-state index contributed by atoms with van der Waals surface area (Å²) in [5, 5.41) is 1.45. The van der Waals surface area contributed by atoms with E-state index in [4.69, 9.17) is 4.74 Å². The lowest BCUT2D eigenvalue weighted by Gasteiger charge is -2.10. The Bertz CT molecular complexity index is 1670. The first-order valence-corrected chi connectivity index (χ1v) is 12.1. The zero-order valence-corrected chi connectivity index (χ0v) is 20.4. The number of aromatic amines is 1. The molecule has 0 atom stereocenters. The van der Waals surface area contributed by atoms with E-state index in [1.54, 1.807) is 30.6 Å². The number of hydrogen-bond donors (Lipinski definition) is 1. The Morgan fingerprint density at radius 2 is 1.44 bits per heavy atom. The molecule has 0 saturated carbocycles. The Labute approximate surface area is 206 Å². The van der Waals surface area contributed by atoms with Gasteiger partial charge in [0.1, 0.15) is 11.1 Å². The van der Waals surface area contributed by atoms with Crippen LogP contribution in [0.3, 0.4) is 0 Å². The summed E-state index contributed by atoms with van der Waals surface area (Å²) in [5.74, 6) is -1.01. The molecule has 0 radical (unpaired) electrons. The van der Waals surface area contributed by atoms with Crippen molar-refractivity contribution in [2.45, 2.75) is 11.8 Å². The summed E-state index contributed by atoms with van der Waals surface area (Å²) in [7, 11) is -1.23. The van der Waals surface area contributed by atoms with E-state index in [9.17, 15) is 18.0 Å². The van der Waals surface area contributed by atoms with Gasteiger partial charge in [0, 0.05) is 48.0 Å². The van der Waals surface area contributed by atoms with Crippen LogP contribution < -0.4 is 0 Å². The van der Waals surface area contributed by atoms with Gasteiger partial charge < -0.3 is 14.5 Å². The Balaban J connectivity index is 0.000000197. The van der Waals surface area contributed by atoms with Crippen molar-refractivity contribution in [3.05, 3.63) is 90.3 Å². The second-order valence-corrected chi connectivity index (χ2v) is 9.48. The highest BCUT2D eigenvalue weighted by atomic mass is 32.2. The van der Waals surface area contributed by atoms with Crippen molar-refractivity contribution < 1.29 is 27.5 Å². The first kappa shape index (κ1) is 24.6. The van der Waals surface area contributed by atoms with Crippen LogP contribution in [0.4, 0.5) is 0 Å². The highest BCUT2D eigenvalue weighted by Gasteiger charge is 2.23. The number of benzene rings is 1. The van der Waals surface area contributed by atoms with E-state index in [2.05, 4.69) is 19.7 Å². The molecule has 0 saturated heterocycles. The number of pyridine rings is 2. The number of nitrogens with zero attached hydrogens (tertiary/aromatic N) is 3. The quantitative estimate of drug-likeness (QED) is 0.365. The van der Waals surface area contributed by atoms with Crippen LogP contribution in [0.1, 0.15) is 26.3 Å². The van der Waals surface area contributed by atoms with E-state index >= 15 is 0 Å². The fourth-order valence-electron chi connectivity index (χ4n) is 3.59. The number of hydrogen-bond acceptors (Lipinski definition) is 8. The number of aromatic nitrogens is 4. The summed E-state index contributed by atoms with van der Waals surface area (Å²) >= 11 is 0. The highest BCUT2D eigenvalue weighted by Crippen LogP contribution is 2.25. The zero-order valence-electron chi connectivity index (χ0n) is 19.6. The standard InChI is InChI=1S/C16H14N2O4S.C9H8N2O2/c1-11-3-5-13(6-4-11)23(20,21)18-8-7-12-9-17-10-14(15(12)18)16(19)22-2;1-13-9(12)7-5-10-4-6-2-3-11-8(6)7/h3-10H,1-2H3;2-5,11H,1H3. The van der Waals surface area contributed by atoms with Crippen molar-refractivity contribution in [2.75, 3.05) is 14.2 Å². The molecule has 0 bridgehead atoms. The maximum absolute atomic E-state index is 12.9. The van der Waals surface area contributed by atoms with Gasteiger partial charge in [0.05, 0.1) is 30.1 Å². The molecule has 4 heterocycles. The number of fused-ring (bicyclic) bond motifs is 2. The SMILES string of the molecule is COC(=O)c1cncc2cc[nH]c12.COC(=O)c1cncc2ccn(S(=O)(=O)c3ccc(C)cc3)c12. The molecule has 0 aliphatic carbocycles. The number of nitrogens with one attached hydrogen (secondary N) is 1. The Morgan fingerprint density at radius 3 is 2.11 bits per heavy atom. The van der Waals surface area contributed by atoms with Gasteiger partial charge in [-0.05, 0) is 31.2 Å². The number of methoxy groups -OCH3 is 2. The number of carbonyl (C=O) groups excluding carboxylic acids is 2. The van der Waals surface area contributed by atoms with Crippen molar-refractivity contribution in [2.24, 2.45) is 0 Å². The third kappa shape index (κ3) is 4.56. The second-order valence-electron chi connectivity index (χ2n) is 7.67. The lowest BCUT2D eigenvalue weighted by Crippen LogP contribution is -2.14. The average Bonchev–Trinajstić information content (AvgIpc) is 3.56. The number of aryl methyl sites for hydroxylation is 1. The summed E-state index contributed by atoms with van der Waals surface area (Å²) in [6, 6.07) is 9.98. The molecule has 5 aromatic rings. The van der Waals surface area contributed by atoms with Crippen LogP contribution in [0.2, 0.25) is 0 Å². The predicted octanol–water partition coefficient (Wildman–Crippen LogP) is 3.72. The lowest BCUT2D eigenvalue weighted by atomic mass is 10.2. The molecule has 36 heavy (non-hydrogen) atoms. The molecule has 1 aromatic carbocycles. The minimum atomic E-state index is -3.82. The van der Waals surface area contributed by atoms with Crippen LogP contribution in [0, 0.1) is 6.92 Å². The topological polar surface area (TPSA) is 133 Å². The van der Waals surface area contributed by atoms with Gasteiger partial charge in [0.15, 0.2) is 0 Å². The maximum atomic E-state index is 12.9. The number of carbonyl (C=O) groups is 2. The van der Waals surface area contributed by atoms with E-state index in [1.165, 1.54) is 51.1 Å². The Hall–Kier alpha value is -4.51. The molecule has 4 aromatic heterocycles. The summed E-state index contributed by atoms with van der Waals surface area (Å²) in [6.45, 7) is 1.88. The molecule has 10 nitrogen and oxygen atoms in total. The molecule has 0 fully saturated rings. The van der Waals surface area contributed by atoms with E-state index in [0.717, 1.165) is 20.4 Å². The number of rotatable bonds is 4. The van der Waals surface area contributed by atoms with Gasteiger partial charge in [-0.15, -0.1) is 0 Å². The molecule has 184 valence electrons. The van der Waals surface area contributed by atoms with Crippen molar-refractivity contribution >= 4 is 43.8 Å². The molecule has 0 aliphatic heterocycles. The molecule has 0 unspecified atom stereocenters. The number of H-pyrrole nitrogens is 1. The van der Waals surface area contributed by atoms with Crippen LogP contribution in [0.25, 0.3) is 21.8 Å². The van der Waals surface area contributed by atoms with Crippen molar-refractivity contribution in [1.82, 2.24) is 18.9 Å². The molecule has 1 N–H and O–H groups in total. The molecule has 0 spiro atoms. The summed E-state index contributed by atoms with van der Waals surface area (Å²) in [4.78, 5) is 34.2. The van der Waals surface area contributed by atoms with Crippen molar-refractivity contribution in [3.63, 3.8) is 0 Å². The normalized spacial score (nSPS) is 11.1. The van der Waals surface area contributed by atoms with Crippen molar-refractivity contribution in [1.29, 1.82) is 0 Å². The smallest absolute Gasteiger partial charge is 0.341 e. The lowest BCUT2D eigenvalue weighted by molar-refractivity contribution is 0.0593. The summed E-state index contributed by atoms with van der Waals surface area (Å²) in [6.07, 6.45) is 9.16. The second kappa shape index (κ2) is 10.0. The molecular formula is C25H22N4O6S. The number of esters is 2. The van der Waals surface area contributed by atoms with Crippen LogP contribution in [-0.2, 0) is 19.5 Å².